The summed E-state index contributed by atoms with van der Waals surface area (Å²) in [6.45, 7) is 2.97. The van der Waals surface area contributed by atoms with Gasteiger partial charge in [-0.25, -0.2) is 4.98 Å². The molecule has 0 fully saturated rings. The van der Waals surface area contributed by atoms with E-state index in [1.165, 1.54) is 9.75 Å². The van der Waals surface area contributed by atoms with Crippen molar-refractivity contribution in [1.29, 1.82) is 0 Å². The van der Waals surface area contributed by atoms with Crippen molar-refractivity contribution in [3.8, 4) is 0 Å². The lowest BCUT2D eigenvalue weighted by Crippen LogP contribution is -1.98. The molecule has 0 spiro atoms. The van der Waals surface area contributed by atoms with E-state index >= 15 is 0 Å². The molecule has 3 rings (SSSR count). The van der Waals surface area contributed by atoms with Gasteiger partial charge >= 0.3 is 0 Å². The maximum atomic E-state index is 5.36. The van der Waals surface area contributed by atoms with Crippen LogP contribution in [0.25, 0.3) is 11.2 Å². The van der Waals surface area contributed by atoms with Gasteiger partial charge in [-0.15, -0.1) is 11.3 Å². The number of imidazole rings is 1. The van der Waals surface area contributed by atoms with Gasteiger partial charge in [-0.05, 0) is 42.9 Å². The van der Waals surface area contributed by atoms with E-state index in [1.807, 2.05) is 23.5 Å². The Kier molecular flexibility index (Phi) is 3.01. The molecule has 92 valence electrons. The van der Waals surface area contributed by atoms with Crippen LogP contribution >= 0.6 is 23.6 Å². The molecular weight excluding hydrogens is 262 g/mol. The number of aromatic amines is 1. The SMILES string of the molecule is CCc1ccc(Cn2c(=S)[nH]c3cccnc32)s1. The molecule has 3 aromatic heterocycles. The monoisotopic (exact) mass is 275 g/mol. The zero-order chi connectivity index (χ0) is 12.5. The van der Waals surface area contributed by atoms with Crippen LogP contribution in [-0.2, 0) is 13.0 Å². The molecule has 18 heavy (non-hydrogen) atoms. The third-order valence-corrected chi connectivity index (χ3v) is 4.45. The molecule has 1 N–H and O–H groups in total. The zero-order valence-corrected chi connectivity index (χ0v) is 11.6. The summed E-state index contributed by atoms with van der Waals surface area (Å²) < 4.78 is 2.78. The van der Waals surface area contributed by atoms with E-state index in [0.29, 0.717) is 0 Å². The first-order valence-electron chi connectivity index (χ1n) is 5.89. The van der Waals surface area contributed by atoms with Crippen LogP contribution < -0.4 is 0 Å². The van der Waals surface area contributed by atoms with Crippen LogP contribution in [0.4, 0.5) is 0 Å². The van der Waals surface area contributed by atoms with E-state index in [0.717, 1.165) is 28.9 Å². The van der Waals surface area contributed by atoms with Crippen LogP contribution in [0, 0.1) is 4.77 Å². The highest BCUT2D eigenvalue weighted by Gasteiger charge is 2.07. The van der Waals surface area contributed by atoms with Crippen LogP contribution in [0.1, 0.15) is 16.7 Å². The number of hydrogen-bond acceptors (Lipinski definition) is 3. The fourth-order valence-electron chi connectivity index (χ4n) is 1.99. The molecule has 3 nitrogen and oxygen atoms in total. The molecule has 0 radical (unpaired) electrons. The van der Waals surface area contributed by atoms with Crippen molar-refractivity contribution in [3.05, 3.63) is 45.0 Å². The van der Waals surface area contributed by atoms with Gasteiger partial charge < -0.3 is 4.98 Å². The molecule has 0 aliphatic rings. The Morgan fingerprint density at radius 3 is 2.94 bits per heavy atom. The van der Waals surface area contributed by atoms with Gasteiger partial charge in [0.2, 0.25) is 0 Å². The average Bonchev–Trinajstić information content (AvgIpc) is 2.96. The highest BCUT2D eigenvalue weighted by molar-refractivity contribution is 7.71. The van der Waals surface area contributed by atoms with Crippen LogP contribution in [0.15, 0.2) is 30.5 Å². The van der Waals surface area contributed by atoms with Crippen LogP contribution in [-0.4, -0.2) is 14.5 Å². The van der Waals surface area contributed by atoms with Gasteiger partial charge in [-0.2, -0.15) is 0 Å². The summed E-state index contributed by atoms with van der Waals surface area (Å²) in [5.74, 6) is 0. The molecule has 3 aromatic rings. The Morgan fingerprint density at radius 2 is 2.17 bits per heavy atom. The summed E-state index contributed by atoms with van der Waals surface area (Å²) in [6, 6.07) is 8.28. The Morgan fingerprint density at radius 1 is 1.33 bits per heavy atom. The van der Waals surface area contributed by atoms with Crippen LogP contribution in [0.2, 0.25) is 0 Å². The van der Waals surface area contributed by atoms with Crippen LogP contribution in [0.3, 0.4) is 0 Å². The average molecular weight is 275 g/mol. The number of hydrogen-bond donors (Lipinski definition) is 1. The van der Waals surface area contributed by atoms with Crippen molar-refractivity contribution in [3.63, 3.8) is 0 Å². The number of fused-ring (bicyclic) bond motifs is 1. The summed E-state index contributed by atoms with van der Waals surface area (Å²) in [5.41, 5.74) is 1.92. The third-order valence-electron chi connectivity index (χ3n) is 2.91. The predicted molar refractivity (Wildman–Crippen MR) is 77.7 cm³/mol. The quantitative estimate of drug-likeness (QED) is 0.738. The Labute approximate surface area is 114 Å². The summed E-state index contributed by atoms with van der Waals surface area (Å²) in [7, 11) is 0. The molecule has 0 aliphatic carbocycles. The van der Waals surface area contributed by atoms with Gasteiger partial charge in [-0.3, -0.25) is 4.57 Å². The van der Waals surface area contributed by atoms with Crippen molar-refractivity contribution < 1.29 is 0 Å². The first kappa shape index (κ1) is 11.6. The molecule has 0 unspecified atom stereocenters. The lowest BCUT2D eigenvalue weighted by atomic mass is 10.3. The van der Waals surface area contributed by atoms with E-state index in [9.17, 15) is 0 Å². The van der Waals surface area contributed by atoms with Gasteiger partial charge in [0, 0.05) is 16.0 Å². The second-order valence-electron chi connectivity index (χ2n) is 4.11. The highest BCUT2D eigenvalue weighted by atomic mass is 32.1. The lowest BCUT2D eigenvalue weighted by molar-refractivity contribution is 0.813. The fraction of sp³-hybridized carbons (Fsp3) is 0.231. The Balaban J connectivity index is 2.04. The smallest absolute Gasteiger partial charge is 0.179 e. The third kappa shape index (κ3) is 2.00. The first-order chi connectivity index (χ1) is 8.78. The van der Waals surface area contributed by atoms with Crippen molar-refractivity contribution >= 4 is 34.7 Å². The van der Waals surface area contributed by atoms with E-state index < -0.39 is 0 Å². The minimum Gasteiger partial charge on any atom is -0.329 e. The van der Waals surface area contributed by atoms with E-state index in [1.54, 1.807) is 6.20 Å². The molecule has 3 heterocycles. The molecule has 0 amide bonds. The van der Waals surface area contributed by atoms with Crippen molar-refractivity contribution in [1.82, 2.24) is 14.5 Å². The maximum Gasteiger partial charge on any atom is 0.179 e. The van der Waals surface area contributed by atoms with E-state index in [-0.39, 0.29) is 0 Å². The number of nitrogens with zero attached hydrogens (tertiary/aromatic N) is 2. The van der Waals surface area contributed by atoms with Gasteiger partial charge in [0.05, 0.1) is 12.1 Å². The number of pyridine rings is 1. The number of H-pyrrole nitrogens is 1. The maximum absolute atomic E-state index is 5.36. The Hall–Kier alpha value is -1.46. The second-order valence-corrected chi connectivity index (χ2v) is 5.75. The van der Waals surface area contributed by atoms with Crippen molar-refractivity contribution in [2.24, 2.45) is 0 Å². The molecule has 0 aromatic carbocycles. The number of thiophene rings is 1. The minimum atomic E-state index is 0.732. The normalized spacial score (nSPS) is 11.2. The van der Waals surface area contributed by atoms with E-state index in [2.05, 4.69) is 33.6 Å². The van der Waals surface area contributed by atoms with Gasteiger partial charge in [0.25, 0.3) is 0 Å². The number of aromatic nitrogens is 3. The fourth-order valence-corrected chi connectivity index (χ4v) is 3.20. The van der Waals surface area contributed by atoms with Crippen molar-refractivity contribution in [2.45, 2.75) is 19.9 Å². The predicted octanol–water partition coefficient (Wildman–Crippen LogP) is 3.77. The van der Waals surface area contributed by atoms with Gasteiger partial charge in [-0.1, -0.05) is 6.92 Å². The summed E-state index contributed by atoms with van der Waals surface area (Å²) in [5, 5.41) is 0. The molecule has 0 saturated heterocycles. The molecule has 0 atom stereocenters. The summed E-state index contributed by atoms with van der Waals surface area (Å²) in [6.07, 6.45) is 2.88. The van der Waals surface area contributed by atoms with Gasteiger partial charge in [0.15, 0.2) is 10.4 Å². The molecule has 5 heteroatoms. The molecule has 0 saturated carbocycles. The summed E-state index contributed by atoms with van der Waals surface area (Å²) >= 11 is 7.20. The van der Waals surface area contributed by atoms with E-state index in [4.69, 9.17) is 12.2 Å². The number of aryl methyl sites for hydroxylation is 1. The number of rotatable bonds is 3. The molecule has 0 aliphatic heterocycles. The summed E-state index contributed by atoms with van der Waals surface area (Å²) in [4.78, 5) is 10.3. The van der Waals surface area contributed by atoms with Crippen LogP contribution in [0.5, 0.6) is 0 Å². The first-order valence-corrected chi connectivity index (χ1v) is 7.11. The Bertz CT molecular complexity index is 736. The van der Waals surface area contributed by atoms with Crippen molar-refractivity contribution in [2.75, 3.05) is 0 Å². The lowest BCUT2D eigenvalue weighted by Gasteiger charge is -2.00. The minimum absolute atomic E-state index is 0.732. The second kappa shape index (κ2) is 4.66. The zero-order valence-electron chi connectivity index (χ0n) is 10.0. The standard InChI is InChI=1S/C13H13N3S2/c1-2-9-5-6-10(18-9)8-16-12-11(15-13(16)17)4-3-7-14-12/h3-7H,2,8H2,1H3,(H,15,17). The molecular formula is C13H13N3S2. The molecule has 0 bridgehead atoms. The largest absolute Gasteiger partial charge is 0.329 e. The number of nitrogens with one attached hydrogen (secondary N) is 1. The van der Waals surface area contributed by atoms with Gasteiger partial charge in [0.1, 0.15) is 0 Å². The highest BCUT2D eigenvalue weighted by Crippen LogP contribution is 2.20. The topological polar surface area (TPSA) is 33.6 Å².